The van der Waals surface area contributed by atoms with E-state index in [1.807, 2.05) is 7.05 Å². The second-order valence-electron chi connectivity index (χ2n) is 3.84. The van der Waals surface area contributed by atoms with E-state index < -0.39 is 0 Å². The molecular formula is C9H18N2. The Kier molecular flexibility index (Phi) is 2.14. The maximum Gasteiger partial charge on any atom is 0.0128 e. The average molecular weight is 154 g/mol. The van der Waals surface area contributed by atoms with E-state index in [1.54, 1.807) is 0 Å². The van der Waals surface area contributed by atoms with Crippen LogP contribution in [0.4, 0.5) is 0 Å². The molecule has 1 aliphatic carbocycles. The fourth-order valence-electron chi connectivity index (χ4n) is 2.24. The largest absolute Gasteiger partial charge is 0.318 e. The van der Waals surface area contributed by atoms with Gasteiger partial charge in [0.1, 0.15) is 0 Å². The van der Waals surface area contributed by atoms with Gasteiger partial charge in [-0.25, -0.2) is 0 Å². The van der Waals surface area contributed by atoms with Gasteiger partial charge < -0.3 is 5.32 Å². The van der Waals surface area contributed by atoms with Crippen molar-refractivity contribution >= 4 is 0 Å². The van der Waals surface area contributed by atoms with Crippen molar-refractivity contribution < 1.29 is 0 Å². The van der Waals surface area contributed by atoms with Crippen LogP contribution in [0.2, 0.25) is 0 Å². The molecule has 2 unspecified atom stereocenters. The lowest BCUT2D eigenvalue weighted by Gasteiger charge is -2.26. The molecule has 64 valence electrons. The maximum absolute atomic E-state index is 3.21. The molecule has 1 N–H and O–H groups in total. The molecule has 0 spiro atoms. The molecule has 1 heterocycles. The number of rotatable bonds is 3. The summed E-state index contributed by atoms with van der Waals surface area (Å²) in [5.41, 5.74) is 0. The topological polar surface area (TPSA) is 15.3 Å². The van der Waals surface area contributed by atoms with Crippen molar-refractivity contribution in [2.45, 2.75) is 25.3 Å². The maximum atomic E-state index is 3.21. The summed E-state index contributed by atoms with van der Waals surface area (Å²) >= 11 is 0. The van der Waals surface area contributed by atoms with Gasteiger partial charge in [-0.2, -0.15) is 0 Å². The Balaban J connectivity index is 1.75. The molecule has 0 aromatic rings. The van der Waals surface area contributed by atoms with E-state index in [-0.39, 0.29) is 0 Å². The second kappa shape index (κ2) is 3.11. The van der Waals surface area contributed by atoms with Crippen molar-refractivity contribution in [3.8, 4) is 0 Å². The van der Waals surface area contributed by atoms with Gasteiger partial charge in [0.15, 0.2) is 0 Å². The van der Waals surface area contributed by atoms with Gasteiger partial charge in [0, 0.05) is 19.1 Å². The normalized spacial score (nSPS) is 36.8. The zero-order chi connectivity index (χ0) is 7.68. The van der Waals surface area contributed by atoms with Crippen LogP contribution in [-0.4, -0.2) is 37.6 Å². The number of fused-ring (bicyclic) bond motifs is 1. The first-order valence-electron chi connectivity index (χ1n) is 4.80. The third-order valence-electron chi connectivity index (χ3n) is 3.02. The molecule has 1 saturated heterocycles. The molecule has 11 heavy (non-hydrogen) atoms. The molecule has 0 aromatic carbocycles. The highest BCUT2D eigenvalue weighted by molar-refractivity contribution is 4.98. The fraction of sp³-hybridized carbons (Fsp3) is 1.00. The number of hydrogen-bond acceptors (Lipinski definition) is 2. The van der Waals surface area contributed by atoms with Crippen LogP contribution in [0.15, 0.2) is 0 Å². The lowest BCUT2D eigenvalue weighted by atomic mass is 10.1. The zero-order valence-electron chi connectivity index (χ0n) is 7.34. The summed E-state index contributed by atoms with van der Waals surface area (Å²) in [6, 6.07) is 0.983. The van der Waals surface area contributed by atoms with E-state index >= 15 is 0 Å². The van der Waals surface area contributed by atoms with Crippen LogP contribution in [0.1, 0.15) is 19.3 Å². The summed E-state index contributed by atoms with van der Waals surface area (Å²) in [6.07, 6.45) is 4.43. The number of piperidine rings is 1. The Morgan fingerprint density at radius 2 is 2.45 bits per heavy atom. The Hall–Kier alpha value is -0.0800. The zero-order valence-corrected chi connectivity index (χ0v) is 7.34. The van der Waals surface area contributed by atoms with Crippen LogP contribution < -0.4 is 5.32 Å². The van der Waals surface area contributed by atoms with Crippen molar-refractivity contribution in [3.05, 3.63) is 0 Å². The summed E-state index contributed by atoms with van der Waals surface area (Å²) in [4.78, 5) is 2.66. The summed E-state index contributed by atoms with van der Waals surface area (Å²) < 4.78 is 0. The molecule has 2 aliphatic rings. The predicted molar refractivity (Wildman–Crippen MR) is 46.6 cm³/mol. The van der Waals surface area contributed by atoms with Gasteiger partial charge in [0.2, 0.25) is 0 Å². The summed E-state index contributed by atoms with van der Waals surface area (Å²) in [5, 5.41) is 3.21. The first kappa shape index (κ1) is 7.56. The number of likely N-dealkylation sites (tertiary alicyclic amines) is 1. The molecular weight excluding hydrogens is 136 g/mol. The van der Waals surface area contributed by atoms with Gasteiger partial charge in [-0.3, -0.25) is 4.90 Å². The molecule has 2 heteroatoms. The van der Waals surface area contributed by atoms with Crippen molar-refractivity contribution in [1.82, 2.24) is 10.2 Å². The molecule has 1 saturated carbocycles. The molecule has 2 rings (SSSR count). The third-order valence-corrected chi connectivity index (χ3v) is 3.02. The Morgan fingerprint density at radius 1 is 1.55 bits per heavy atom. The van der Waals surface area contributed by atoms with Crippen molar-refractivity contribution in [3.63, 3.8) is 0 Å². The van der Waals surface area contributed by atoms with Crippen molar-refractivity contribution in [1.29, 1.82) is 0 Å². The van der Waals surface area contributed by atoms with E-state index in [4.69, 9.17) is 0 Å². The van der Waals surface area contributed by atoms with Crippen LogP contribution in [0.25, 0.3) is 0 Å². The lowest BCUT2D eigenvalue weighted by molar-refractivity contribution is 0.217. The summed E-state index contributed by atoms with van der Waals surface area (Å²) in [6.45, 7) is 3.77. The molecule has 2 nitrogen and oxygen atoms in total. The molecule has 0 amide bonds. The van der Waals surface area contributed by atoms with Gasteiger partial charge in [-0.05, 0) is 38.8 Å². The van der Waals surface area contributed by atoms with E-state index in [1.165, 1.54) is 32.4 Å². The Labute approximate surface area is 69.0 Å². The molecule has 1 aliphatic heterocycles. The van der Waals surface area contributed by atoms with Gasteiger partial charge in [-0.1, -0.05) is 0 Å². The van der Waals surface area contributed by atoms with E-state index in [0.29, 0.717) is 0 Å². The minimum absolute atomic E-state index is 0.983. The highest BCUT2D eigenvalue weighted by atomic mass is 15.2. The summed E-state index contributed by atoms with van der Waals surface area (Å²) in [7, 11) is 2.04. The van der Waals surface area contributed by atoms with Gasteiger partial charge in [-0.15, -0.1) is 0 Å². The number of nitrogens with one attached hydrogen (secondary N) is 1. The van der Waals surface area contributed by atoms with Crippen molar-refractivity contribution in [2.24, 2.45) is 5.92 Å². The first-order chi connectivity index (χ1) is 5.42. The van der Waals surface area contributed by atoms with Crippen LogP contribution in [0.3, 0.4) is 0 Å². The van der Waals surface area contributed by atoms with E-state index in [0.717, 1.165) is 18.5 Å². The quantitative estimate of drug-likeness (QED) is 0.643. The van der Waals surface area contributed by atoms with E-state index in [2.05, 4.69) is 10.2 Å². The second-order valence-corrected chi connectivity index (χ2v) is 3.84. The van der Waals surface area contributed by atoms with Crippen LogP contribution in [-0.2, 0) is 0 Å². The van der Waals surface area contributed by atoms with E-state index in [9.17, 15) is 0 Å². The molecule has 0 aromatic heterocycles. The molecule has 2 fully saturated rings. The first-order valence-corrected chi connectivity index (χ1v) is 4.80. The van der Waals surface area contributed by atoms with Gasteiger partial charge >= 0.3 is 0 Å². The fourth-order valence-corrected chi connectivity index (χ4v) is 2.24. The third kappa shape index (κ3) is 1.57. The standard InChI is InChI=1S/C9H18N2/c1-10-4-6-11-5-2-3-8-7-9(8)11/h8-10H,2-7H2,1H3. The predicted octanol–water partition coefficient (Wildman–Crippen LogP) is 0.690. The van der Waals surface area contributed by atoms with Gasteiger partial charge in [0.05, 0.1) is 0 Å². The monoisotopic (exact) mass is 154 g/mol. The molecule has 0 radical (unpaired) electrons. The Morgan fingerprint density at radius 3 is 3.27 bits per heavy atom. The summed E-state index contributed by atoms with van der Waals surface area (Å²) in [5.74, 6) is 1.08. The van der Waals surface area contributed by atoms with Crippen LogP contribution >= 0.6 is 0 Å². The minimum Gasteiger partial charge on any atom is -0.318 e. The Bertz CT molecular complexity index is 136. The molecule has 0 bridgehead atoms. The lowest BCUT2D eigenvalue weighted by Crippen LogP contribution is -2.36. The minimum atomic E-state index is 0.983. The van der Waals surface area contributed by atoms with Crippen LogP contribution in [0, 0.1) is 5.92 Å². The highest BCUT2D eigenvalue weighted by Gasteiger charge is 2.43. The van der Waals surface area contributed by atoms with Crippen molar-refractivity contribution in [2.75, 3.05) is 26.7 Å². The molecule has 2 atom stereocenters. The SMILES string of the molecule is CNCCN1CCCC2CC21. The number of hydrogen-bond donors (Lipinski definition) is 1. The van der Waals surface area contributed by atoms with Crippen LogP contribution in [0.5, 0.6) is 0 Å². The smallest absolute Gasteiger partial charge is 0.0128 e. The average Bonchev–Trinajstić information content (AvgIpc) is 2.79. The van der Waals surface area contributed by atoms with Gasteiger partial charge in [0.25, 0.3) is 0 Å². The number of nitrogens with zero attached hydrogens (tertiary/aromatic N) is 1. The number of likely N-dealkylation sites (N-methyl/N-ethyl adjacent to an activating group) is 1. The highest BCUT2D eigenvalue weighted by Crippen LogP contribution is 2.42.